The molecule has 0 aromatic rings. The van der Waals surface area contributed by atoms with Gasteiger partial charge in [-0.25, -0.2) is 0 Å². The first-order valence-corrected chi connectivity index (χ1v) is 11.8. The van der Waals surface area contributed by atoms with Crippen LogP contribution < -0.4 is 0 Å². The van der Waals surface area contributed by atoms with Crippen molar-refractivity contribution in [3.63, 3.8) is 0 Å². The molecule has 5 aliphatic rings. The summed E-state index contributed by atoms with van der Waals surface area (Å²) in [6.07, 6.45) is 0.157. The van der Waals surface area contributed by atoms with Crippen LogP contribution in [0.5, 0.6) is 0 Å². The zero-order valence-electron chi connectivity index (χ0n) is 12.2. The van der Waals surface area contributed by atoms with Crippen molar-refractivity contribution < 1.29 is 0 Å². The third kappa shape index (κ3) is 1.63. The summed E-state index contributed by atoms with van der Waals surface area (Å²) in [5, 5.41) is 0.0638. The van der Waals surface area contributed by atoms with Gasteiger partial charge in [0.25, 0.3) is 0 Å². The Morgan fingerprint density at radius 3 is 1.00 bits per heavy atom. The van der Waals surface area contributed by atoms with Gasteiger partial charge >= 0.3 is 0 Å². The minimum Gasteiger partial charge on any atom is -0.105 e. The lowest BCUT2D eigenvalue weighted by Crippen LogP contribution is -2.48. The van der Waals surface area contributed by atoms with E-state index in [2.05, 4.69) is 0 Å². The molecule has 0 radical (unpaired) electrons. The summed E-state index contributed by atoms with van der Waals surface area (Å²) in [4.78, 5) is -6.52. The highest BCUT2D eigenvalue weighted by molar-refractivity contribution is 6.70. The molecule has 0 aromatic carbocycles. The molecule has 0 fully saturated rings. The van der Waals surface area contributed by atoms with Crippen molar-refractivity contribution in [1.29, 1.82) is 0 Å². The van der Waals surface area contributed by atoms with Crippen LogP contribution in [-0.4, -0.2) is 28.2 Å². The predicted molar refractivity (Wildman–Crippen MR) is 119 cm³/mol. The number of fused-ring (bicyclic) bond motifs is 9. The molecule has 0 spiro atoms. The van der Waals surface area contributed by atoms with Gasteiger partial charge in [-0.3, -0.25) is 0 Å². The zero-order valence-corrected chi connectivity index (χ0v) is 21.3. The van der Waals surface area contributed by atoms with E-state index in [0.29, 0.717) is 22.3 Å². The lowest BCUT2D eigenvalue weighted by molar-refractivity contribution is 0.674. The van der Waals surface area contributed by atoms with Gasteiger partial charge in [0.2, 0.25) is 0 Å². The molecule has 4 bridgehead atoms. The maximum absolute atomic E-state index is 6.92. The van der Waals surface area contributed by atoms with Crippen LogP contribution in [0.2, 0.25) is 0 Å². The van der Waals surface area contributed by atoms with Crippen molar-refractivity contribution in [2.24, 2.45) is 0 Å². The molecule has 0 N–H and O–H groups in total. The van der Waals surface area contributed by atoms with Gasteiger partial charge in [-0.15, -0.1) is 46.4 Å². The summed E-state index contributed by atoms with van der Waals surface area (Å²) in [5.74, 6) is 0. The summed E-state index contributed by atoms with van der Waals surface area (Å²) < 4.78 is -3.59. The van der Waals surface area contributed by atoms with Crippen LogP contribution in [0.15, 0.2) is 42.4 Å². The van der Waals surface area contributed by atoms with E-state index in [0.717, 1.165) is 0 Å². The molecule has 27 heavy (non-hydrogen) atoms. The van der Waals surface area contributed by atoms with Crippen molar-refractivity contribution in [2.75, 3.05) is 0 Å². The molecule has 12 heteroatoms. The quantitative estimate of drug-likeness (QED) is 0.242. The van der Waals surface area contributed by atoms with E-state index < -0.39 is 28.2 Å². The first-order chi connectivity index (χ1) is 12.1. The van der Waals surface area contributed by atoms with E-state index in [4.69, 9.17) is 139 Å². The van der Waals surface area contributed by atoms with Crippen LogP contribution in [0.3, 0.4) is 0 Å². The Morgan fingerprint density at radius 2 is 0.704 bits per heavy atom. The molecule has 0 saturated heterocycles. The molecule has 4 unspecified atom stereocenters. The van der Waals surface area contributed by atoms with Gasteiger partial charge in [0.05, 0.1) is 20.1 Å². The standard InChI is InChI=1S/C15H2Cl12/c16-6-8(18)12(22)4-2(10(6,20)14(12,24)25)1-3-5(4)13(23)9(19)7(17)11(3,21)15(13,26)27/h1H2. The highest BCUT2D eigenvalue weighted by Gasteiger charge is 2.86. The summed E-state index contributed by atoms with van der Waals surface area (Å²) in [6, 6.07) is 0. The molecule has 0 aromatic heterocycles. The largest absolute Gasteiger partial charge is 0.174 e. The fraction of sp³-hybridized carbons (Fsp3) is 0.467. The Bertz CT molecular complexity index is 934. The van der Waals surface area contributed by atoms with Gasteiger partial charge in [-0.05, 0) is 28.7 Å². The maximum atomic E-state index is 6.92. The fourth-order valence-corrected chi connectivity index (χ4v) is 10.3. The highest BCUT2D eigenvalue weighted by Crippen LogP contribution is 2.84. The van der Waals surface area contributed by atoms with Crippen LogP contribution in [0.4, 0.5) is 0 Å². The molecule has 5 rings (SSSR count). The fourth-order valence-electron chi connectivity index (χ4n) is 4.81. The summed E-state index contributed by atoms with van der Waals surface area (Å²) >= 11 is 79.7. The number of alkyl halides is 8. The van der Waals surface area contributed by atoms with Crippen LogP contribution >= 0.6 is 139 Å². The Balaban J connectivity index is 1.86. The Morgan fingerprint density at radius 1 is 0.444 bits per heavy atom. The predicted octanol–water partition coefficient (Wildman–Crippen LogP) is 8.67. The minimum atomic E-state index is -1.80. The van der Waals surface area contributed by atoms with Gasteiger partial charge < -0.3 is 0 Å². The SMILES string of the molecule is ClC1=C(Cl)C2(Cl)C3=C(CC4=C3C3(Cl)C(Cl)=C(Cl)C4(Cl)C3(Cl)Cl)C1(Cl)C2(Cl)Cl. The molecular weight excluding hydrogens is 606 g/mol. The van der Waals surface area contributed by atoms with E-state index in [1.165, 1.54) is 0 Å². The van der Waals surface area contributed by atoms with Gasteiger partial charge in [0.15, 0.2) is 8.67 Å². The topological polar surface area (TPSA) is 0 Å². The number of halogens is 12. The average Bonchev–Trinajstić information content (AvgIpc) is 3.16. The van der Waals surface area contributed by atoms with E-state index in [1.807, 2.05) is 0 Å². The average molecular weight is 608 g/mol. The summed E-state index contributed by atoms with van der Waals surface area (Å²) in [6.45, 7) is 0. The molecule has 5 aliphatic carbocycles. The minimum absolute atomic E-state index is 0.00839. The molecule has 4 atom stereocenters. The van der Waals surface area contributed by atoms with E-state index >= 15 is 0 Å². The van der Waals surface area contributed by atoms with Gasteiger partial charge in [-0.1, -0.05) is 92.8 Å². The number of allylic oxidation sites excluding steroid dienone is 8. The number of rotatable bonds is 0. The van der Waals surface area contributed by atoms with Crippen molar-refractivity contribution in [3.8, 4) is 0 Å². The third-order valence-electron chi connectivity index (χ3n) is 6.05. The Hall–Kier alpha value is 2.44. The lowest BCUT2D eigenvalue weighted by Gasteiger charge is -2.38. The van der Waals surface area contributed by atoms with Gasteiger partial charge in [0, 0.05) is 0 Å². The molecule has 146 valence electrons. The van der Waals surface area contributed by atoms with Crippen LogP contribution in [-0.2, 0) is 0 Å². The zero-order chi connectivity index (χ0) is 20.3. The molecule has 0 heterocycles. The first kappa shape index (κ1) is 21.3. The second-order valence-electron chi connectivity index (χ2n) is 6.92. The Kier molecular flexibility index (Phi) is 4.20. The molecule has 0 saturated carbocycles. The smallest absolute Gasteiger partial charge is 0.105 e. The van der Waals surface area contributed by atoms with Crippen molar-refractivity contribution in [1.82, 2.24) is 0 Å². The molecular formula is C15H2Cl12. The molecule has 0 nitrogen and oxygen atoms in total. The van der Waals surface area contributed by atoms with Crippen LogP contribution in [0, 0.1) is 0 Å². The van der Waals surface area contributed by atoms with Crippen molar-refractivity contribution in [3.05, 3.63) is 42.4 Å². The van der Waals surface area contributed by atoms with Gasteiger partial charge in [0.1, 0.15) is 19.5 Å². The number of hydrogen-bond acceptors (Lipinski definition) is 0. The van der Waals surface area contributed by atoms with Crippen LogP contribution in [0.1, 0.15) is 6.42 Å². The molecule has 0 amide bonds. The van der Waals surface area contributed by atoms with E-state index in [-0.39, 0.29) is 26.5 Å². The van der Waals surface area contributed by atoms with E-state index in [1.54, 1.807) is 0 Å². The second-order valence-corrected chi connectivity index (χ2v) is 13.4. The van der Waals surface area contributed by atoms with Crippen molar-refractivity contribution in [2.45, 2.75) is 34.6 Å². The second kappa shape index (κ2) is 5.32. The van der Waals surface area contributed by atoms with E-state index in [9.17, 15) is 0 Å². The normalized spacial score (nSPS) is 48.4. The first-order valence-electron chi connectivity index (χ1n) is 7.22. The summed E-state index contributed by atoms with van der Waals surface area (Å²) in [5.41, 5.74) is 1.83. The monoisotopic (exact) mass is 602 g/mol. The third-order valence-corrected chi connectivity index (χ3v) is 14.3. The highest BCUT2D eigenvalue weighted by atomic mass is 35.5. The maximum Gasteiger partial charge on any atom is 0.174 e. The van der Waals surface area contributed by atoms with Crippen molar-refractivity contribution >= 4 is 139 Å². The molecule has 0 aliphatic heterocycles. The van der Waals surface area contributed by atoms with Crippen LogP contribution in [0.25, 0.3) is 0 Å². The summed E-state index contributed by atoms with van der Waals surface area (Å²) in [7, 11) is 0. The number of hydrogen-bond donors (Lipinski definition) is 0. The Labute approximate surface area is 214 Å². The lowest BCUT2D eigenvalue weighted by atomic mass is 9.86. The van der Waals surface area contributed by atoms with Gasteiger partial charge in [-0.2, -0.15) is 0 Å².